The molecule has 0 amide bonds. The molecule has 4 heteroatoms. The van der Waals surface area contributed by atoms with E-state index in [0.29, 0.717) is 6.54 Å². The van der Waals surface area contributed by atoms with E-state index in [1.807, 2.05) is 31.2 Å². The van der Waals surface area contributed by atoms with Crippen LogP contribution in [-0.2, 0) is 6.54 Å². The maximum Gasteiger partial charge on any atom is 0.131 e. The van der Waals surface area contributed by atoms with Gasteiger partial charge >= 0.3 is 0 Å². The normalized spacial score (nSPS) is 10.5. The van der Waals surface area contributed by atoms with Crippen LogP contribution in [0.15, 0.2) is 47.1 Å². The average molecular weight is 321 g/mol. The summed E-state index contributed by atoms with van der Waals surface area (Å²) in [7, 11) is 0. The number of pyridine rings is 1. The smallest absolute Gasteiger partial charge is 0.131 e. The van der Waals surface area contributed by atoms with Crippen LogP contribution in [0.4, 0.5) is 5.82 Å². The Morgan fingerprint density at radius 2 is 2.00 bits per heavy atom. The summed E-state index contributed by atoms with van der Waals surface area (Å²) in [6.45, 7) is 3.47. The summed E-state index contributed by atoms with van der Waals surface area (Å²) in [6, 6.07) is 12.3. The van der Waals surface area contributed by atoms with Crippen molar-refractivity contribution in [2.75, 3.05) is 18.1 Å². The molecule has 100 valence electrons. The molecule has 1 aromatic heterocycles. The van der Waals surface area contributed by atoms with Crippen molar-refractivity contribution in [2.24, 2.45) is 0 Å². The maximum atomic E-state index is 9.24. The number of aliphatic hydroxyl groups excluding tert-OH is 1. The van der Waals surface area contributed by atoms with E-state index in [4.69, 9.17) is 0 Å². The van der Waals surface area contributed by atoms with Gasteiger partial charge in [-0.1, -0.05) is 30.3 Å². The first kappa shape index (κ1) is 14.0. The molecule has 0 saturated carbocycles. The number of aliphatic hydroxyl groups is 1. The van der Waals surface area contributed by atoms with E-state index in [2.05, 4.69) is 37.9 Å². The molecule has 2 rings (SSSR count). The van der Waals surface area contributed by atoms with Crippen LogP contribution in [0.2, 0.25) is 0 Å². The number of aryl methyl sites for hydroxylation is 1. The first-order valence-corrected chi connectivity index (χ1v) is 7.02. The number of hydrogen-bond donors (Lipinski definition) is 1. The van der Waals surface area contributed by atoms with Crippen LogP contribution in [0.25, 0.3) is 0 Å². The predicted molar refractivity (Wildman–Crippen MR) is 81.3 cm³/mol. The summed E-state index contributed by atoms with van der Waals surface area (Å²) < 4.78 is 0.970. The van der Waals surface area contributed by atoms with Gasteiger partial charge < -0.3 is 10.0 Å². The Morgan fingerprint density at radius 3 is 2.63 bits per heavy atom. The summed E-state index contributed by atoms with van der Waals surface area (Å²) in [5.41, 5.74) is 2.30. The third-order valence-corrected chi connectivity index (χ3v) is 3.34. The number of halogens is 1. The van der Waals surface area contributed by atoms with Gasteiger partial charge in [0.05, 0.1) is 6.61 Å². The van der Waals surface area contributed by atoms with Gasteiger partial charge in [-0.2, -0.15) is 0 Å². The molecule has 0 aliphatic heterocycles. The highest BCUT2D eigenvalue weighted by Crippen LogP contribution is 2.22. The van der Waals surface area contributed by atoms with E-state index in [0.717, 1.165) is 22.4 Å². The van der Waals surface area contributed by atoms with Crippen molar-refractivity contribution in [2.45, 2.75) is 13.5 Å². The van der Waals surface area contributed by atoms with Gasteiger partial charge in [0.1, 0.15) is 5.82 Å². The highest BCUT2D eigenvalue weighted by Gasteiger charge is 2.11. The second kappa shape index (κ2) is 6.68. The highest BCUT2D eigenvalue weighted by atomic mass is 79.9. The summed E-state index contributed by atoms with van der Waals surface area (Å²) in [4.78, 5) is 6.56. The fourth-order valence-electron chi connectivity index (χ4n) is 2.05. The van der Waals surface area contributed by atoms with Gasteiger partial charge in [-0.3, -0.25) is 0 Å². The monoisotopic (exact) mass is 320 g/mol. The van der Waals surface area contributed by atoms with Crippen molar-refractivity contribution < 1.29 is 5.11 Å². The van der Waals surface area contributed by atoms with Crippen molar-refractivity contribution in [1.29, 1.82) is 0 Å². The van der Waals surface area contributed by atoms with Gasteiger partial charge in [0.25, 0.3) is 0 Å². The van der Waals surface area contributed by atoms with Crippen LogP contribution in [-0.4, -0.2) is 23.2 Å². The van der Waals surface area contributed by atoms with Gasteiger partial charge in [0.2, 0.25) is 0 Å². The van der Waals surface area contributed by atoms with Gasteiger partial charge in [0.15, 0.2) is 0 Å². The Bertz CT molecular complexity index is 531. The van der Waals surface area contributed by atoms with Gasteiger partial charge in [-0.05, 0) is 40.0 Å². The molecule has 0 aliphatic carbocycles. The number of rotatable bonds is 5. The Labute approximate surface area is 122 Å². The van der Waals surface area contributed by atoms with Gasteiger partial charge in [-0.25, -0.2) is 4.98 Å². The number of nitrogens with zero attached hydrogens (tertiary/aromatic N) is 2. The molecule has 2 aromatic rings. The summed E-state index contributed by atoms with van der Waals surface area (Å²) in [6.07, 6.45) is 1.79. The quantitative estimate of drug-likeness (QED) is 0.919. The zero-order chi connectivity index (χ0) is 13.7. The molecular formula is C15H17BrN2O. The lowest BCUT2D eigenvalue weighted by atomic mass is 10.2. The molecule has 0 fully saturated rings. The summed E-state index contributed by atoms with van der Waals surface area (Å²) in [5.74, 6) is 0.918. The zero-order valence-corrected chi connectivity index (χ0v) is 12.5. The molecule has 3 nitrogen and oxygen atoms in total. The fourth-order valence-corrected chi connectivity index (χ4v) is 2.49. The second-order valence-corrected chi connectivity index (χ2v) is 5.34. The largest absolute Gasteiger partial charge is 0.395 e. The lowest BCUT2D eigenvalue weighted by Gasteiger charge is -2.24. The van der Waals surface area contributed by atoms with Crippen molar-refractivity contribution in [3.05, 3.63) is 58.2 Å². The minimum Gasteiger partial charge on any atom is -0.395 e. The van der Waals surface area contributed by atoms with Crippen molar-refractivity contribution in [1.82, 2.24) is 4.98 Å². The Hall–Kier alpha value is -1.39. The molecule has 1 aromatic carbocycles. The molecule has 0 spiro atoms. The van der Waals surface area contributed by atoms with Crippen LogP contribution in [0.5, 0.6) is 0 Å². The van der Waals surface area contributed by atoms with Crippen LogP contribution in [0, 0.1) is 6.92 Å². The number of anilines is 1. The topological polar surface area (TPSA) is 36.4 Å². The zero-order valence-electron chi connectivity index (χ0n) is 10.9. The van der Waals surface area contributed by atoms with E-state index >= 15 is 0 Å². The molecule has 1 N–H and O–H groups in total. The second-order valence-electron chi connectivity index (χ2n) is 4.42. The maximum absolute atomic E-state index is 9.24. The first-order chi connectivity index (χ1) is 9.20. The molecule has 1 heterocycles. The number of hydrogen-bond acceptors (Lipinski definition) is 3. The molecule has 0 aliphatic rings. The fraction of sp³-hybridized carbons (Fsp3) is 0.267. The molecule has 0 bridgehead atoms. The van der Waals surface area contributed by atoms with E-state index < -0.39 is 0 Å². The van der Waals surface area contributed by atoms with Crippen LogP contribution in [0.3, 0.4) is 0 Å². The summed E-state index contributed by atoms with van der Waals surface area (Å²) >= 11 is 3.42. The highest BCUT2D eigenvalue weighted by molar-refractivity contribution is 9.10. The van der Waals surface area contributed by atoms with Crippen LogP contribution >= 0.6 is 15.9 Å². The van der Waals surface area contributed by atoms with Gasteiger partial charge in [-0.15, -0.1) is 0 Å². The molecule has 0 saturated heterocycles. The standard InChI is InChI=1S/C15H17BrN2O/c1-12-9-14(16)10-17-15(12)18(7-8-19)11-13-5-3-2-4-6-13/h2-6,9-10,19H,7-8,11H2,1H3. The van der Waals surface area contributed by atoms with Crippen molar-refractivity contribution >= 4 is 21.7 Å². The number of benzene rings is 1. The van der Waals surface area contributed by atoms with E-state index in [9.17, 15) is 5.11 Å². The molecule has 0 radical (unpaired) electrons. The van der Waals surface area contributed by atoms with Gasteiger partial charge in [0, 0.05) is 23.8 Å². The average Bonchev–Trinajstić information content (AvgIpc) is 2.39. The van der Waals surface area contributed by atoms with Crippen molar-refractivity contribution in [3.8, 4) is 0 Å². The minimum absolute atomic E-state index is 0.115. The minimum atomic E-state index is 0.115. The van der Waals surface area contributed by atoms with E-state index in [1.165, 1.54) is 5.56 Å². The molecular weight excluding hydrogens is 304 g/mol. The van der Waals surface area contributed by atoms with Crippen LogP contribution in [0.1, 0.15) is 11.1 Å². The SMILES string of the molecule is Cc1cc(Br)cnc1N(CCO)Cc1ccccc1. The molecule has 0 unspecified atom stereocenters. The lowest BCUT2D eigenvalue weighted by molar-refractivity contribution is 0.301. The number of aromatic nitrogens is 1. The third-order valence-electron chi connectivity index (χ3n) is 2.90. The van der Waals surface area contributed by atoms with E-state index in [1.54, 1.807) is 6.20 Å². The molecule has 0 atom stereocenters. The Morgan fingerprint density at radius 1 is 1.26 bits per heavy atom. The predicted octanol–water partition coefficient (Wildman–Crippen LogP) is 3.15. The first-order valence-electron chi connectivity index (χ1n) is 6.22. The van der Waals surface area contributed by atoms with Crippen LogP contribution < -0.4 is 4.90 Å². The Kier molecular flexibility index (Phi) is 4.93. The van der Waals surface area contributed by atoms with E-state index in [-0.39, 0.29) is 6.61 Å². The van der Waals surface area contributed by atoms with Crippen molar-refractivity contribution in [3.63, 3.8) is 0 Å². The molecule has 19 heavy (non-hydrogen) atoms. The third kappa shape index (κ3) is 3.78. The Balaban J connectivity index is 2.24. The lowest BCUT2D eigenvalue weighted by Crippen LogP contribution is -2.27. The summed E-state index contributed by atoms with van der Waals surface area (Å²) in [5, 5.41) is 9.24.